The van der Waals surface area contributed by atoms with Gasteiger partial charge in [-0.25, -0.2) is 0 Å². The van der Waals surface area contributed by atoms with Crippen LogP contribution < -0.4 is 5.19 Å². The first kappa shape index (κ1) is 33.4. The van der Waals surface area contributed by atoms with Crippen LogP contribution >= 0.6 is 17.0 Å². The van der Waals surface area contributed by atoms with E-state index in [-0.39, 0.29) is 7.25 Å². The fourth-order valence-electron chi connectivity index (χ4n) is 7.90. The predicted molar refractivity (Wildman–Crippen MR) is 197 cm³/mol. The van der Waals surface area contributed by atoms with Crippen LogP contribution in [0.1, 0.15) is 88.4 Å². The first-order valence-corrected chi connectivity index (χ1v) is 36.3. The van der Waals surface area contributed by atoms with Gasteiger partial charge in [0.25, 0.3) is 0 Å². The maximum atomic E-state index is 8.58. The van der Waals surface area contributed by atoms with Crippen LogP contribution in [0, 0.1) is 5.92 Å². The van der Waals surface area contributed by atoms with Crippen LogP contribution in [0.15, 0.2) is 71.8 Å². The molecule has 0 aliphatic heterocycles. The summed E-state index contributed by atoms with van der Waals surface area (Å²) in [6, 6.07) is 23.3. The van der Waals surface area contributed by atoms with Gasteiger partial charge in [0.1, 0.15) is 0 Å². The maximum absolute atomic E-state index is 8.58. The summed E-state index contributed by atoms with van der Waals surface area (Å²) >= 11 is -4.72. The molecule has 2 aliphatic rings. The molecular weight excluding hydrogens is 675 g/mol. The molecule has 0 nitrogen and oxygen atoms in total. The Morgan fingerprint density at radius 2 is 1.35 bits per heavy atom. The number of rotatable bonds is 9. The van der Waals surface area contributed by atoms with Gasteiger partial charge < -0.3 is 0 Å². The molecule has 0 heterocycles. The Morgan fingerprint density at radius 1 is 0.767 bits per heavy atom. The van der Waals surface area contributed by atoms with Crippen molar-refractivity contribution < 1.29 is 15.6 Å². The van der Waals surface area contributed by atoms with Crippen molar-refractivity contribution in [2.45, 2.75) is 93.4 Å². The summed E-state index contributed by atoms with van der Waals surface area (Å²) in [5, 5.41) is 1.50. The third-order valence-electron chi connectivity index (χ3n) is 11.0. The third kappa shape index (κ3) is 5.46. The van der Waals surface area contributed by atoms with Crippen LogP contribution in [0.4, 0.5) is 0 Å². The van der Waals surface area contributed by atoms with E-state index in [0.29, 0.717) is 11.8 Å². The molecule has 5 heteroatoms. The molecular formula is C38H51Cl2Si2Zr. The monoisotopic (exact) mass is 723 g/mol. The van der Waals surface area contributed by atoms with Crippen LogP contribution in [-0.2, 0) is 15.6 Å². The van der Waals surface area contributed by atoms with Gasteiger partial charge in [0.05, 0.1) is 0 Å². The molecule has 0 bridgehead atoms. The van der Waals surface area contributed by atoms with Crippen molar-refractivity contribution in [3.05, 3.63) is 99.6 Å². The summed E-state index contributed by atoms with van der Waals surface area (Å²) in [5.74, 6) is -0.614. The van der Waals surface area contributed by atoms with E-state index in [4.69, 9.17) is 17.0 Å². The molecule has 4 unspecified atom stereocenters. The minimum atomic E-state index is -4.72. The predicted octanol–water partition coefficient (Wildman–Crippen LogP) is 12.0. The molecule has 0 amide bonds. The second-order valence-corrected chi connectivity index (χ2v) is 62.5. The second kappa shape index (κ2) is 12.0. The Morgan fingerprint density at radius 3 is 1.91 bits per heavy atom. The van der Waals surface area contributed by atoms with E-state index in [1.54, 1.807) is 0 Å². The standard InChI is InChI=1S/C19H21Si.C17H23.C2H7Si.2ClH.Zr/c1-14-12-16-6-5-7-18(19(16)13-14)15-8-10-17(11-9-15)20(2,3)4;1-5-12(3)15-10-14-8-7-9-16(13(4)6-2)17(14)11-15;1-3-2;;;/h5-13H,1-4H3;7-13H,5-6H2,1-4H3;3H,1-2H3;2*1H;/q;;;;;+2/p-2. The number of allylic oxidation sites excluding steroid dienone is 2. The SMILES string of the molecule is CCC(C)C1=Cc2c(C(C)CC)cccc2[CH]1[Zr]([Cl])([Cl])([CH]1C(C)=Cc2c(-c3ccc([Si](C)(C)C)cc3)cccc21)[SiH](C)C. The topological polar surface area (TPSA) is 0 Å². The Kier molecular flexibility index (Phi) is 9.32. The summed E-state index contributed by atoms with van der Waals surface area (Å²) < 4.78 is 0.285. The van der Waals surface area contributed by atoms with Gasteiger partial charge >= 0.3 is 274 Å². The van der Waals surface area contributed by atoms with Crippen LogP contribution in [0.3, 0.4) is 0 Å². The fourth-order valence-corrected chi connectivity index (χ4v) is 41.1. The molecule has 0 saturated carbocycles. The molecule has 0 fully saturated rings. The summed E-state index contributed by atoms with van der Waals surface area (Å²) in [4.78, 5) is 0. The Labute approximate surface area is 271 Å². The molecule has 5 rings (SSSR count). The van der Waals surface area contributed by atoms with Crippen molar-refractivity contribution >= 4 is 48.4 Å². The zero-order chi connectivity index (χ0) is 31.5. The van der Waals surface area contributed by atoms with Crippen LogP contribution in [0.2, 0.25) is 32.7 Å². The van der Waals surface area contributed by atoms with Crippen molar-refractivity contribution in [3.63, 3.8) is 0 Å². The van der Waals surface area contributed by atoms with Gasteiger partial charge in [0, 0.05) is 0 Å². The van der Waals surface area contributed by atoms with E-state index in [2.05, 4.69) is 140 Å². The number of hydrogen-bond donors (Lipinski definition) is 0. The van der Waals surface area contributed by atoms with Gasteiger partial charge in [-0.05, 0) is 0 Å². The van der Waals surface area contributed by atoms with Gasteiger partial charge in [-0.15, -0.1) is 0 Å². The molecule has 43 heavy (non-hydrogen) atoms. The minimum absolute atomic E-state index is 0.128. The summed E-state index contributed by atoms with van der Waals surface area (Å²) in [5.41, 5.74) is 12.5. The first-order chi connectivity index (χ1) is 20.1. The van der Waals surface area contributed by atoms with Gasteiger partial charge in [-0.1, -0.05) is 0 Å². The zero-order valence-corrected chi connectivity index (χ0v) is 34.1. The molecule has 3 aromatic rings. The quantitative estimate of drug-likeness (QED) is 0.193. The van der Waals surface area contributed by atoms with Crippen LogP contribution in [0.25, 0.3) is 23.3 Å². The van der Waals surface area contributed by atoms with Crippen LogP contribution in [0.5, 0.6) is 0 Å². The normalized spacial score (nSPS) is 20.6. The summed E-state index contributed by atoms with van der Waals surface area (Å²) in [7, 11) is 15.8. The number of halogens is 2. The van der Waals surface area contributed by atoms with Crippen molar-refractivity contribution in [3.8, 4) is 11.1 Å². The van der Waals surface area contributed by atoms with Gasteiger partial charge in [-0.2, -0.15) is 0 Å². The van der Waals surface area contributed by atoms with Crippen molar-refractivity contribution in [1.29, 1.82) is 0 Å². The van der Waals surface area contributed by atoms with Crippen molar-refractivity contribution in [1.82, 2.24) is 0 Å². The fraction of sp³-hybridized carbons (Fsp3) is 0.421. The molecule has 3 aromatic carbocycles. The molecule has 4 atom stereocenters. The zero-order valence-electron chi connectivity index (χ0n) is 28.0. The molecule has 0 radical (unpaired) electrons. The van der Waals surface area contributed by atoms with E-state index >= 15 is 0 Å². The second-order valence-electron chi connectivity index (χ2n) is 14.9. The summed E-state index contributed by atoms with van der Waals surface area (Å²) in [6.07, 6.45) is 7.20. The third-order valence-corrected chi connectivity index (χ3v) is 65.0. The molecule has 0 aromatic heterocycles. The molecule has 2 aliphatic carbocycles. The first-order valence-electron chi connectivity index (χ1n) is 16.5. The molecule has 0 saturated heterocycles. The van der Waals surface area contributed by atoms with E-state index < -0.39 is 29.6 Å². The number of hydrogen-bond acceptors (Lipinski definition) is 0. The van der Waals surface area contributed by atoms with Crippen molar-refractivity contribution in [2.75, 3.05) is 0 Å². The van der Waals surface area contributed by atoms with Crippen molar-refractivity contribution in [2.24, 2.45) is 5.92 Å². The molecule has 229 valence electrons. The van der Waals surface area contributed by atoms with E-state index in [9.17, 15) is 0 Å². The van der Waals surface area contributed by atoms with E-state index in [0.717, 1.165) is 12.8 Å². The molecule has 0 spiro atoms. The Bertz CT molecular complexity index is 1590. The van der Waals surface area contributed by atoms with E-state index in [1.807, 2.05) is 0 Å². The average Bonchev–Trinajstić information content (AvgIpc) is 3.54. The average molecular weight is 726 g/mol. The van der Waals surface area contributed by atoms with Gasteiger partial charge in [0.2, 0.25) is 0 Å². The summed E-state index contributed by atoms with van der Waals surface area (Å²) in [6.45, 7) is 23.8. The Hall–Kier alpha value is -0.963. The van der Waals surface area contributed by atoms with Gasteiger partial charge in [0.15, 0.2) is 0 Å². The van der Waals surface area contributed by atoms with Gasteiger partial charge in [-0.3, -0.25) is 0 Å². The molecule has 0 N–H and O–H groups in total. The van der Waals surface area contributed by atoms with Crippen LogP contribution in [-0.4, -0.2) is 14.0 Å². The number of benzene rings is 3. The number of fused-ring (bicyclic) bond motifs is 2. The Balaban J connectivity index is 1.72. The van der Waals surface area contributed by atoms with E-state index in [1.165, 1.54) is 55.3 Å².